The van der Waals surface area contributed by atoms with Crippen molar-refractivity contribution in [1.82, 2.24) is 10.6 Å². The van der Waals surface area contributed by atoms with Crippen LogP contribution in [0.4, 0.5) is 0 Å². The highest BCUT2D eigenvalue weighted by molar-refractivity contribution is 5.76. The van der Waals surface area contributed by atoms with Crippen molar-refractivity contribution in [3.63, 3.8) is 0 Å². The van der Waals surface area contributed by atoms with Crippen LogP contribution in [0.3, 0.4) is 0 Å². The molecular weight excluding hydrogens is 212 g/mol. The molecule has 3 nitrogen and oxygen atoms in total. The summed E-state index contributed by atoms with van der Waals surface area (Å²) in [6.45, 7) is 2.26. The zero-order valence-electron chi connectivity index (χ0n) is 10.7. The molecule has 2 aliphatic rings. The highest BCUT2D eigenvalue weighted by Crippen LogP contribution is 2.19. The van der Waals surface area contributed by atoms with E-state index >= 15 is 0 Å². The highest BCUT2D eigenvalue weighted by Gasteiger charge is 2.18. The molecule has 2 rings (SSSR count). The van der Waals surface area contributed by atoms with Gasteiger partial charge in [-0.25, -0.2) is 0 Å². The first kappa shape index (κ1) is 12.9. The predicted octanol–water partition coefficient (Wildman–Crippen LogP) is 2.03. The smallest absolute Gasteiger partial charge is 0.220 e. The van der Waals surface area contributed by atoms with Gasteiger partial charge in [-0.3, -0.25) is 4.79 Å². The van der Waals surface area contributed by atoms with Gasteiger partial charge in [0.05, 0.1) is 0 Å². The third-order valence-electron chi connectivity index (χ3n) is 4.04. The Labute approximate surface area is 105 Å². The van der Waals surface area contributed by atoms with Gasteiger partial charge < -0.3 is 10.6 Å². The zero-order chi connectivity index (χ0) is 11.9. The van der Waals surface area contributed by atoms with Gasteiger partial charge in [0, 0.05) is 12.5 Å². The molecule has 17 heavy (non-hydrogen) atoms. The van der Waals surface area contributed by atoms with E-state index in [0.29, 0.717) is 6.04 Å². The summed E-state index contributed by atoms with van der Waals surface area (Å²) in [5.74, 6) is 1.04. The quantitative estimate of drug-likeness (QED) is 0.785. The Morgan fingerprint density at radius 2 is 1.88 bits per heavy atom. The second-order valence-electron chi connectivity index (χ2n) is 5.44. The van der Waals surface area contributed by atoms with Crippen LogP contribution in [0.1, 0.15) is 51.4 Å². The lowest BCUT2D eigenvalue weighted by Crippen LogP contribution is -2.36. The van der Waals surface area contributed by atoms with Gasteiger partial charge in [-0.05, 0) is 70.4 Å². The van der Waals surface area contributed by atoms with E-state index < -0.39 is 0 Å². The van der Waals surface area contributed by atoms with E-state index in [1.165, 1.54) is 25.7 Å². The molecule has 0 atom stereocenters. The average Bonchev–Trinajstić information content (AvgIpc) is 2.39. The third kappa shape index (κ3) is 4.66. The summed E-state index contributed by atoms with van der Waals surface area (Å²) in [6.07, 6.45) is 11.2. The van der Waals surface area contributed by atoms with Crippen molar-refractivity contribution in [3.8, 4) is 0 Å². The topological polar surface area (TPSA) is 41.1 Å². The molecule has 3 heteroatoms. The van der Waals surface area contributed by atoms with Gasteiger partial charge in [-0.1, -0.05) is 0 Å². The fourth-order valence-corrected chi connectivity index (χ4v) is 2.88. The molecule has 0 aromatic carbocycles. The van der Waals surface area contributed by atoms with E-state index in [-0.39, 0.29) is 5.91 Å². The Balaban J connectivity index is 1.59. The average molecular weight is 237 g/mol. The van der Waals surface area contributed by atoms with E-state index in [9.17, 15) is 4.79 Å². The first-order chi connectivity index (χ1) is 8.34. The van der Waals surface area contributed by atoms with Crippen LogP contribution in [0.15, 0.2) is 0 Å². The molecule has 97 valence electrons. The van der Waals surface area contributed by atoms with Crippen LogP contribution in [0.2, 0.25) is 0 Å². The summed E-state index contributed by atoms with van der Waals surface area (Å²) < 4.78 is 0. The van der Waals surface area contributed by atoms with Gasteiger partial charge in [-0.2, -0.15) is 0 Å². The molecule has 1 heterocycles. The summed E-state index contributed by atoms with van der Waals surface area (Å²) >= 11 is 0. The molecule has 2 fully saturated rings. The van der Waals surface area contributed by atoms with Gasteiger partial charge in [0.2, 0.25) is 5.91 Å². The number of rotatable bonds is 4. The molecule has 0 unspecified atom stereocenters. The van der Waals surface area contributed by atoms with Gasteiger partial charge >= 0.3 is 0 Å². The fraction of sp³-hybridized carbons (Fsp3) is 0.857. The number of amides is 1. The Kier molecular flexibility index (Phi) is 5.30. The Bertz CT molecular complexity index is 230. The van der Waals surface area contributed by atoms with Crippen LogP contribution in [0.5, 0.6) is 0 Å². The summed E-state index contributed by atoms with van der Waals surface area (Å²) in [6, 6.07) is 0.445. The van der Waals surface area contributed by atoms with Gasteiger partial charge in [0.1, 0.15) is 0 Å². The van der Waals surface area contributed by atoms with Crippen LogP contribution >= 0.6 is 0 Å². The van der Waals surface area contributed by atoms with Crippen molar-refractivity contribution in [1.29, 1.82) is 0 Å². The number of carbonyl (C=O) groups is 1. The van der Waals surface area contributed by atoms with E-state index in [1.54, 1.807) is 0 Å². The standard InChI is InChI=1S/C14H25N2O/c17-14(16-13-4-2-1-3-5-13)7-6-12-8-10-15-11-9-12/h1,12-13,15H,2-11H2,(H,16,17). The zero-order valence-corrected chi connectivity index (χ0v) is 10.7. The van der Waals surface area contributed by atoms with Crippen LogP contribution in [0, 0.1) is 12.3 Å². The Morgan fingerprint density at radius 3 is 2.59 bits per heavy atom. The first-order valence-corrected chi connectivity index (χ1v) is 7.16. The van der Waals surface area contributed by atoms with Gasteiger partial charge in [-0.15, -0.1) is 0 Å². The molecule has 1 amide bonds. The minimum absolute atomic E-state index is 0.274. The van der Waals surface area contributed by atoms with E-state index in [4.69, 9.17) is 0 Å². The lowest BCUT2D eigenvalue weighted by molar-refractivity contribution is -0.122. The molecule has 1 saturated heterocycles. The summed E-state index contributed by atoms with van der Waals surface area (Å²) in [5, 5.41) is 6.55. The first-order valence-electron chi connectivity index (χ1n) is 7.16. The molecule has 0 spiro atoms. The highest BCUT2D eigenvalue weighted by atomic mass is 16.1. The van der Waals surface area contributed by atoms with Crippen molar-refractivity contribution in [2.75, 3.05) is 13.1 Å². The second-order valence-corrected chi connectivity index (χ2v) is 5.44. The van der Waals surface area contributed by atoms with E-state index in [2.05, 4.69) is 17.1 Å². The molecule has 0 aromatic rings. The Hall–Kier alpha value is -0.570. The van der Waals surface area contributed by atoms with Crippen molar-refractivity contribution in [2.45, 2.75) is 57.4 Å². The lowest BCUT2D eigenvalue weighted by Gasteiger charge is -2.24. The predicted molar refractivity (Wildman–Crippen MR) is 69.5 cm³/mol. The number of carbonyl (C=O) groups excluding carboxylic acids is 1. The van der Waals surface area contributed by atoms with Crippen molar-refractivity contribution >= 4 is 5.91 Å². The summed E-state index contributed by atoms with van der Waals surface area (Å²) in [5.41, 5.74) is 0. The number of nitrogens with one attached hydrogen (secondary N) is 2. The molecule has 0 bridgehead atoms. The Morgan fingerprint density at radius 1 is 1.18 bits per heavy atom. The largest absolute Gasteiger partial charge is 0.353 e. The van der Waals surface area contributed by atoms with Crippen molar-refractivity contribution in [2.24, 2.45) is 5.92 Å². The van der Waals surface area contributed by atoms with Crippen molar-refractivity contribution in [3.05, 3.63) is 6.42 Å². The molecule has 1 saturated carbocycles. The minimum Gasteiger partial charge on any atom is -0.353 e. The van der Waals surface area contributed by atoms with Gasteiger partial charge in [0.25, 0.3) is 0 Å². The van der Waals surface area contributed by atoms with Crippen molar-refractivity contribution < 1.29 is 4.79 Å². The molecule has 1 aliphatic heterocycles. The molecule has 1 aliphatic carbocycles. The van der Waals surface area contributed by atoms with E-state index in [1.807, 2.05) is 0 Å². The molecule has 0 aromatic heterocycles. The van der Waals surface area contributed by atoms with Crippen LogP contribution in [-0.4, -0.2) is 25.0 Å². The number of hydrogen-bond donors (Lipinski definition) is 2. The fourth-order valence-electron chi connectivity index (χ4n) is 2.88. The lowest BCUT2D eigenvalue weighted by atomic mass is 9.92. The maximum Gasteiger partial charge on any atom is 0.220 e. The summed E-state index contributed by atoms with van der Waals surface area (Å²) in [4.78, 5) is 11.8. The van der Waals surface area contributed by atoms with Crippen LogP contribution in [-0.2, 0) is 4.79 Å². The van der Waals surface area contributed by atoms with Crippen LogP contribution in [0.25, 0.3) is 0 Å². The number of piperidine rings is 1. The summed E-state index contributed by atoms with van der Waals surface area (Å²) in [7, 11) is 0. The normalized spacial score (nSPS) is 23.5. The maximum absolute atomic E-state index is 11.8. The van der Waals surface area contributed by atoms with E-state index in [0.717, 1.165) is 44.7 Å². The molecular formula is C14H25N2O. The SMILES string of the molecule is O=C(CCC1CCNCC1)NC1CC[CH]CC1. The monoisotopic (exact) mass is 237 g/mol. The number of hydrogen-bond acceptors (Lipinski definition) is 2. The molecule has 2 N–H and O–H groups in total. The molecule has 1 radical (unpaired) electrons. The third-order valence-corrected chi connectivity index (χ3v) is 4.04. The van der Waals surface area contributed by atoms with Gasteiger partial charge in [0.15, 0.2) is 0 Å². The second kappa shape index (κ2) is 7.00. The minimum atomic E-state index is 0.274. The maximum atomic E-state index is 11.8. The van der Waals surface area contributed by atoms with Crippen LogP contribution < -0.4 is 10.6 Å².